The maximum absolute atomic E-state index is 12.4. The summed E-state index contributed by atoms with van der Waals surface area (Å²) in [5.74, 6) is 1.15. The Hall–Kier alpha value is -1.21. The van der Waals surface area contributed by atoms with E-state index in [0.717, 1.165) is 22.5 Å². The van der Waals surface area contributed by atoms with Crippen LogP contribution in [0.25, 0.3) is 10.2 Å². The molecule has 21 heavy (non-hydrogen) atoms. The standard InChI is InChI=1S/C14H20N4OS2/c1-8-10-11(15)12(21-14(10)18(2)17-8)13(19)16-7-9-5-3-4-6-20-9/h9H,3-7,15H2,1-2H3,(H,16,19). The number of nitrogens with one attached hydrogen (secondary N) is 1. The van der Waals surface area contributed by atoms with E-state index >= 15 is 0 Å². The van der Waals surface area contributed by atoms with Crippen LogP contribution >= 0.6 is 23.1 Å². The van der Waals surface area contributed by atoms with Crippen LogP contribution < -0.4 is 11.1 Å². The van der Waals surface area contributed by atoms with Gasteiger partial charge in [0.2, 0.25) is 0 Å². The number of carbonyl (C=O) groups is 1. The minimum absolute atomic E-state index is 0.0562. The number of carbonyl (C=O) groups excluding carboxylic acids is 1. The predicted octanol–water partition coefficient (Wildman–Crippen LogP) is 2.54. The van der Waals surface area contributed by atoms with E-state index in [-0.39, 0.29) is 5.91 Å². The highest BCUT2D eigenvalue weighted by atomic mass is 32.2. The highest BCUT2D eigenvalue weighted by molar-refractivity contribution is 7.99. The van der Waals surface area contributed by atoms with E-state index in [1.54, 1.807) is 4.68 Å². The fourth-order valence-electron chi connectivity index (χ4n) is 2.75. The predicted molar refractivity (Wildman–Crippen MR) is 90.2 cm³/mol. The molecule has 0 spiro atoms. The van der Waals surface area contributed by atoms with Gasteiger partial charge in [0.05, 0.1) is 16.8 Å². The van der Waals surface area contributed by atoms with Gasteiger partial charge in [-0.2, -0.15) is 16.9 Å². The number of nitrogens with zero attached hydrogens (tertiary/aromatic N) is 2. The van der Waals surface area contributed by atoms with Crippen molar-refractivity contribution >= 4 is 44.9 Å². The lowest BCUT2D eigenvalue weighted by atomic mass is 10.2. The van der Waals surface area contributed by atoms with Gasteiger partial charge in [-0.1, -0.05) is 6.42 Å². The Morgan fingerprint density at radius 2 is 2.33 bits per heavy atom. The van der Waals surface area contributed by atoms with Crippen LogP contribution in [0.2, 0.25) is 0 Å². The number of rotatable bonds is 3. The second-order valence-electron chi connectivity index (χ2n) is 5.43. The Morgan fingerprint density at radius 1 is 1.52 bits per heavy atom. The molecule has 3 heterocycles. The summed E-state index contributed by atoms with van der Waals surface area (Å²) in [6, 6.07) is 0. The van der Waals surface area contributed by atoms with Crippen LogP contribution in [-0.4, -0.2) is 33.2 Å². The van der Waals surface area contributed by atoms with Gasteiger partial charge in [0.1, 0.15) is 9.71 Å². The van der Waals surface area contributed by atoms with Gasteiger partial charge in [0.25, 0.3) is 5.91 Å². The van der Waals surface area contributed by atoms with Gasteiger partial charge in [-0.3, -0.25) is 9.48 Å². The molecule has 1 unspecified atom stereocenters. The molecule has 2 aromatic rings. The maximum Gasteiger partial charge on any atom is 0.263 e. The van der Waals surface area contributed by atoms with Gasteiger partial charge < -0.3 is 11.1 Å². The average Bonchev–Trinajstić information content (AvgIpc) is 2.97. The first-order chi connectivity index (χ1) is 10.1. The zero-order chi connectivity index (χ0) is 15.0. The zero-order valence-electron chi connectivity index (χ0n) is 12.3. The molecule has 0 saturated carbocycles. The summed E-state index contributed by atoms with van der Waals surface area (Å²) in [5.41, 5.74) is 7.60. The van der Waals surface area contributed by atoms with Gasteiger partial charge in [-0.15, -0.1) is 11.3 Å². The Bertz CT molecular complexity index is 670. The van der Waals surface area contributed by atoms with Crippen molar-refractivity contribution in [3.8, 4) is 0 Å². The minimum atomic E-state index is -0.0562. The summed E-state index contributed by atoms with van der Waals surface area (Å²) < 4.78 is 1.79. The lowest BCUT2D eigenvalue weighted by Crippen LogP contribution is -2.31. The maximum atomic E-state index is 12.4. The SMILES string of the molecule is Cc1nn(C)c2sc(C(=O)NCC3CCCCS3)c(N)c12. The number of thiophene rings is 1. The Labute approximate surface area is 132 Å². The normalized spacial score (nSPS) is 19.0. The number of nitrogen functional groups attached to an aromatic ring is 1. The molecule has 3 N–H and O–H groups in total. The Balaban J connectivity index is 1.75. The lowest BCUT2D eigenvalue weighted by molar-refractivity contribution is 0.0958. The number of nitrogens with two attached hydrogens (primary N) is 1. The van der Waals surface area contributed by atoms with Crippen LogP contribution in [0.15, 0.2) is 0 Å². The average molecular weight is 324 g/mol. The van der Waals surface area contributed by atoms with E-state index in [2.05, 4.69) is 10.4 Å². The first kappa shape index (κ1) is 14.7. The molecule has 1 amide bonds. The molecule has 114 valence electrons. The van der Waals surface area contributed by atoms with Crippen molar-refractivity contribution in [2.75, 3.05) is 18.0 Å². The molecule has 1 atom stereocenters. The van der Waals surface area contributed by atoms with Gasteiger partial charge in [-0.25, -0.2) is 0 Å². The summed E-state index contributed by atoms with van der Waals surface area (Å²) in [7, 11) is 1.88. The molecule has 2 aromatic heterocycles. The number of fused-ring (bicyclic) bond motifs is 1. The van der Waals surface area contributed by atoms with E-state index in [0.29, 0.717) is 15.8 Å². The molecule has 5 nitrogen and oxygen atoms in total. The number of anilines is 1. The van der Waals surface area contributed by atoms with Gasteiger partial charge >= 0.3 is 0 Å². The molecule has 1 aliphatic rings. The largest absolute Gasteiger partial charge is 0.397 e. The molecular weight excluding hydrogens is 304 g/mol. The molecule has 7 heteroatoms. The van der Waals surface area contributed by atoms with Crippen molar-refractivity contribution in [3.63, 3.8) is 0 Å². The number of amides is 1. The molecule has 3 rings (SSSR count). The van der Waals surface area contributed by atoms with E-state index in [9.17, 15) is 4.79 Å². The Morgan fingerprint density at radius 3 is 3.00 bits per heavy atom. The summed E-state index contributed by atoms with van der Waals surface area (Å²) in [6.45, 7) is 2.65. The van der Waals surface area contributed by atoms with Gasteiger partial charge in [0.15, 0.2) is 0 Å². The van der Waals surface area contributed by atoms with Crippen molar-refractivity contribution < 1.29 is 4.79 Å². The summed E-state index contributed by atoms with van der Waals surface area (Å²) >= 11 is 3.38. The third kappa shape index (κ3) is 2.76. The Kier molecular flexibility index (Phi) is 4.12. The molecule has 0 bridgehead atoms. The second kappa shape index (κ2) is 5.88. The van der Waals surface area contributed by atoms with Crippen molar-refractivity contribution in [2.24, 2.45) is 7.05 Å². The van der Waals surface area contributed by atoms with E-state index < -0.39 is 0 Å². The molecule has 1 saturated heterocycles. The third-order valence-electron chi connectivity index (χ3n) is 3.85. The van der Waals surface area contributed by atoms with Crippen molar-refractivity contribution in [2.45, 2.75) is 31.4 Å². The number of aryl methyl sites for hydroxylation is 2. The van der Waals surface area contributed by atoms with Crippen molar-refractivity contribution in [1.82, 2.24) is 15.1 Å². The highest BCUT2D eigenvalue weighted by Crippen LogP contribution is 2.35. The van der Waals surface area contributed by atoms with E-state index in [1.165, 1.54) is 36.4 Å². The first-order valence-corrected chi connectivity index (χ1v) is 9.06. The van der Waals surface area contributed by atoms with Crippen LogP contribution in [0.4, 0.5) is 5.69 Å². The molecule has 0 aliphatic carbocycles. The second-order valence-corrected chi connectivity index (χ2v) is 7.84. The molecular formula is C14H20N4OS2. The van der Waals surface area contributed by atoms with Crippen LogP contribution in [0.5, 0.6) is 0 Å². The molecule has 1 aliphatic heterocycles. The lowest BCUT2D eigenvalue weighted by Gasteiger charge is -2.21. The van der Waals surface area contributed by atoms with Gasteiger partial charge in [-0.05, 0) is 25.5 Å². The van der Waals surface area contributed by atoms with E-state index in [1.807, 2.05) is 25.7 Å². The highest BCUT2D eigenvalue weighted by Gasteiger charge is 2.22. The number of hydrogen-bond acceptors (Lipinski definition) is 5. The monoisotopic (exact) mass is 324 g/mol. The van der Waals surface area contributed by atoms with E-state index in [4.69, 9.17) is 5.73 Å². The molecule has 0 radical (unpaired) electrons. The third-order valence-corrected chi connectivity index (χ3v) is 6.52. The van der Waals surface area contributed by atoms with Crippen LogP contribution in [0.1, 0.15) is 34.6 Å². The number of hydrogen-bond donors (Lipinski definition) is 2. The topological polar surface area (TPSA) is 72.9 Å². The first-order valence-electron chi connectivity index (χ1n) is 7.19. The fraction of sp³-hybridized carbons (Fsp3) is 0.571. The molecule has 1 fully saturated rings. The van der Waals surface area contributed by atoms with Crippen molar-refractivity contribution in [3.05, 3.63) is 10.6 Å². The zero-order valence-corrected chi connectivity index (χ0v) is 13.9. The fourth-order valence-corrected chi connectivity index (χ4v) is 5.09. The smallest absolute Gasteiger partial charge is 0.263 e. The summed E-state index contributed by atoms with van der Waals surface area (Å²) in [4.78, 5) is 14.0. The quantitative estimate of drug-likeness (QED) is 0.910. The molecule has 0 aromatic carbocycles. The number of aromatic nitrogens is 2. The number of thioether (sulfide) groups is 1. The van der Waals surface area contributed by atoms with Gasteiger partial charge in [0, 0.05) is 18.8 Å². The van der Waals surface area contributed by atoms with Crippen LogP contribution in [0, 0.1) is 6.92 Å². The summed E-state index contributed by atoms with van der Waals surface area (Å²) in [5, 5.41) is 8.84. The van der Waals surface area contributed by atoms with Crippen LogP contribution in [0.3, 0.4) is 0 Å². The summed E-state index contributed by atoms with van der Waals surface area (Å²) in [6.07, 6.45) is 3.75. The van der Waals surface area contributed by atoms with Crippen LogP contribution in [-0.2, 0) is 7.05 Å². The minimum Gasteiger partial charge on any atom is -0.397 e. The van der Waals surface area contributed by atoms with Crippen molar-refractivity contribution in [1.29, 1.82) is 0 Å².